The van der Waals surface area contributed by atoms with Crippen LogP contribution in [0.3, 0.4) is 0 Å². The molecule has 1 N–H and O–H groups in total. The van der Waals surface area contributed by atoms with Crippen LogP contribution in [0.25, 0.3) is 0 Å². The van der Waals surface area contributed by atoms with Crippen molar-refractivity contribution in [1.29, 1.82) is 0 Å². The first-order chi connectivity index (χ1) is 11.4. The first kappa shape index (κ1) is 19.2. The summed E-state index contributed by atoms with van der Waals surface area (Å²) in [6, 6.07) is 10.4. The van der Waals surface area contributed by atoms with Gasteiger partial charge in [-0.3, -0.25) is 4.99 Å². The standard InChI is InChI=1S/C23H31NO/c1-15-9-16(2)11-19(10-15)24-14-17-12-18(22(3,4)5)13-20(21(17)25)23(6,7)8/h9-14,25H,1-8H3. The molecule has 0 atom stereocenters. The first-order valence-electron chi connectivity index (χ1n) is 8.88. The zero-order valence-corrected chi connectivity index (χ0v) is 16.9. The molecular weight excluding hydrogens is 306 g/mol. The molecule has 0 aliphatic carbocycles. The van der Waals surface area contributed by atoms with Gasteiger partial charge in [-0.25, -0.2) is 0 Å². The second kappa shape index (κ2) is 6.67. The number of nitrogens with zero attached hydrogens (tertiary/aromatic N) is 1. The van der Waals surface area contributed by atoms with Gasteiger partial charge in [-0.2, -0.15) is 0 Å². The predicted molar refractivity (Wildman–Crippen MR) is 109 cm³/mol. The van der Waals surface area contributed by atoms with E-state index in [4.69, 9.17) is 0 Å². The summed E-state index contributed by atoms with van der Waals surface area (Å²) >= 11 is 0. The van der Waals surface area contributed by atoms with Crippen molar-refractivity contribution < 1.29 is 5.11 Å². The minimum atomic E-state index is -0.131. The van der Waals surface area contributed by atoms with Gasteiger partial charge in [0, 0.05) is 17.3 Å². The summed E-state index contributed by atoms with van der Waals surface area (Å²) in [7, 11) is 0. The topological polar surface area (TPSA) is 32.6 Å². The van der Waals surface area contributed by atoms with Crippen LogP contribution in [-0.2, 0) is 10.8 Å². The fraction of sp³-hybridized carbons (Fsp3) is 0.435. The molecule has 2 nitrogen and oxygen atoms in total. The third-order valence-electron chi connectivity index (χ3n) is 4.37. The average Bonchev–Trinajstić information content (AvgIpc) is 2.42. The van der Waals surface area contributed by atoms with Gasteiger partial charge in [-0.1, -0.05) is 53.7 Å². The van der Waals surface area contributed by atoms with Crippen LogP contribution in [0.5, 0.6) is 5.75 Å². The lowest BCUT2D eigenvalue weighted by Gasteiger charge is -2.27. The van der Waals surface area contributed by atoms with Crippen molar-refractivity contribution in [3.05, 3.63) is 58.1 Å². The number of hydrogen-bond acceptors (Lipinski definition) is 2. The molecule has 0 saturated carbocycles. The molecule has 2 aromatic carbocycles. The Morgan fingerprint density at radius 3 is 1.84 bits per heavy atom. The second-order valence-electron chi connectivity index (χ2n) is 9.07. The highest BCUT2D eigenvalue weighted by Crippen LogP contribution is 2.37. The lowest BCUT2D eigenvalue weighted by molar-refractivity contribution is 0.444. The summed E-state index contributed by atoms with van der Waals surface area (Å²) < 4.78 is 0. The van der Waals surface area contributed by atoms with Crippen molar-refractivity contribution in [1.82, 2.24) is 0 Å². The Morgan fingerprint density at radius 2 is 1.36 bits per heavy atom. The summed E-state index contributed by atoms with van der Waals surface area (Å²) in [6.07, 6.45) is 1.79. The van der Waals surface area contributed by atoms with E-state index in [1.165, 1.54) is 16.7 Å². The van der Waals surface area contributed by atoms with Gasteiger partial charge in [0.25, 0.3) is 0 Å². The maximum absolute atomic E-state index is 10.8. The number of phenols is 1. The van der Waals surface area contributed by atoms with Crippen LogP contribution in [0.1, 0.15) is 69.4 Å². The molecule has 0 bridgehead atoms. The van der Waals surface area contributed by atoms with Gasteiger partial charge in [0.2, 0.25) is 0 Å². The van der Waals surface area contributed by atoms with Crippen molar-refractivity contribution in [3.63, 3.8) is 0 Å². The molecule has 0 radical (unpaired) electrons. The molecule has 0 spiro atoms. The normalized spacial score (nSPS) is 12.8. The van der Waals surface area contributed by atoms with Crippen LogP contribution < -0.4 is 0 Å². The van der Waals surface area contributed by atoms with Crippen LogP contribution in [0.15, 0.2) is 35.3 Å². The third-order valence-corrected chi connectivity index (χ3v) is 4.37. The van der Waals surface area contributed by atoms with E-state index in [-0.39, 0.29) is 10.8 Å². The van der Waals surface area contributed by atoms with Crippen molar-refractivity contribution >= 4 is 11.9 Å². The van der Waals surface area contributed by atoms with Gasteiger partial charge in [0.05, 0.1) is 5.69 Å². The average molecular weight is 338 g/mol. The van der Waals surface area contributed by atoms with Crippen LogP contribution in [0.4, 0.5) is 5.69 Å². The first-order valence-corrected chi connectivity index (χ1v) is 8.88. The van der Waals surface area contributed by atoms with Gasteiger partial charge >= 0.3 is 0 Å². The third kappa shape index (κ3) is 4.72. The van der Waals surface area contributed by atoms with E-state index in [0.717, 1.165) is 16.8 Å². The molecule has 0 heterocycles. The molecule has 0 aliphatic heterocycles. The molecule has 0 aromatic heterocycles. The van der Waals surface area contributed by atoms with Crippen molar-refractivity contribution in [2.45, 2.75) is 66.2 Å². The fourth-order valence-electron chi connectivity index (χ4n) is 2.93. The van der Waals surface area contributed by atoms with E-state index in [9.17, 15) is 5.11 Å². The van der Waals surface area contributed by atoms with Crippen LogP contribution in [0, 0.1) is 13.8 Å². The zero-order chi connectivity index (χ0) is 19.0. The largest absolute Gasteiger partial charge is 0.507 e. The lowest BCUT2D eigenvalue weighted by Crippen LogP contribution is -2.17. The molecule has 2 rings (SSSR count). The maximum atomic E-state index is 10.8. The van der Waals surface area contributed by atoms with Gasteiger partial charge in [0.1, 0.15) is 5.75 Å². The minimum absolute atomic E-state index is 0.0101. The number of aromatic hydroxyl groups is 1. The minimum Gasteiger partial charge on any atom is -0.507 e. The molecule has 2 aromatic rings. The summed E-state index contributed by atoms with van der Waals surface area (Å²) in [6.45, 7) is 17.1. The molecule has 25 heavy (non-hydrogen) atoms. The van der Waals surface area contributed by atoms with Crippen molar-refractivity contribution in [2.24, 2.45) is 4.99 Å². The van der Waals surface area contributed by atoms with Gasteiger partial charge in [-0.05, 0) is 59.6 Å². The predicted octanol–water partition coefficient (Wildman–Crippen LogP) is 6.35. The summed E-state index contributed by atoms with van der Waals surface area (Å²) in [5, 5.41) is 10.8. The van der Waals surface area contributed by atoms with Gasteiger partial charge in [-0.15, -0.1) is 0 Å². The number of phenolic OH excluding ortho intramolecular Hbond substituents is 1. The summed E-state index contributed by atoms with van der Waals surface area (Å²) in [4.78, 5) is 4.62. The van der Waals surface area contributed by atoms with Crippen LogP contribution in [0.2, 0.25) is 0 Å². The van der Waals surface area contributed by atoms with E-state index in [0.29, 0.717) is 5.75 Å². The number of rotatable bonds is 2. The monoisotopic (exact) mass is 337 g/mol. The van der Waals surface area contributed by atoms with E-state index in [1.807, 2.05) is 0 Å². The number of aryl methyl sites for hydroxylation is 2. The quantitative estimate of drug-likeness (QED) is 0.636. The van der Waals surface area contributed by atoms with Crippen LogP contribution >= 0.6 is 0 Å². The molecule has 0 unspecified atom stereocenters. The SMILES string of the molecule is Cc1cc(C)cc(N=Cc2cc(C(C)(C)C)cc(C(C)(C)C)c2O)c1. The molecule has 2 heteroatoms. The Hall–Kier alpha value is -2.09. The Bertz CT molecular complexity index is 782. The molecule has 0 fully saturated rings. The highest BCUT2D eigenvalue weighted by molar-refractivity contribution is 5.86. The number of benzene rings is 2. The molecule has 0 amide bonds. The summed E-state index contributed by atoms with van der Waals surface area (Å²) in [5.41, 5.74) is 6.11. The molecular formula is C23H31NO. The van der Waals surface area contributed by atoms with E-state index in [1.54, 1.807) is 6.21 Å². The number of aliphatic imine (C=N–C) groups is 1. The molecule has 0 aliphatic rings. The zero-order valence-electron chi connectivity index (χ0n) is 16.9. The van der Waals surface area contributed by atoms with E-state index >= 15 is 0 Å². The Labute approximate surface area is 152 Å². The van der Waals surface area contributed by atoms with Gasteiger partial charge < -0.3 is 5.11 Å². The smallest absolute Gasteiger partial charge is 0.128 e. The Morgan fingerprint density at radius 1 is 0.800 bits per heavy atom. The fourth-order valence-corrected chi connectivity index (χ4v) is 2.93. The van der Waals surface area contributed by atoms with E-state index in [2.05, 4.69) is 90.7 Å². The Balaban J connectivity index is 2.58. The second-order valence-corrected chi connectivity index (χ2v) is 9.07. The van der Waals surface area contributed by atoms with E-state index < -0.39 is 0 Å². The molecule has 134 valence electrons. The van der Waals surface area contributed by atoms with Crippen molar-refractivity contribution in [3.8, 4) is 5.75 Å². The Kier molecular flexibility index (Phi) is 5.13. The maximum Gasteiger partial charge on any atom is 0.128 e. The van der Waals surface area contributed by atoms with Gasteiger partial charge in [0.15, 0.2) is 0 Å². The summed E-state index contributed by atoms with van der Waals surface area (Å²) in [5.74, 6) is 0.327. The number of hydrogen-bond donors (Lipinski definition) is 1. The highest BCUT2D eigenvalue weighted by atomic mass is 16.3. The van der Waals surface area contributed by atoms with Crippen molar-refractivity contribution in [2.75, 3.05) is 0 Å². The molecule has 0 saturated heterocycles. The lowest BCUT2D eigenvalue weighted by atomic mass is 9.79. The van der Waals surface area contributed by atoms with Crippen LogP contribution in [-0.4, -0.2) is 11.3 Å². The highest BCUT2D eigenvalue weighted by Gasteiger charge is 2.24.